The van der Waals surface area contributed by atoms with E-state index in [0.29, 0.717) is 12.3 Å². The van der Waals surface area contributed by atoms with Crippen LogP contribution in [0.3, 0.4) is 0 Å². The third kappa shape index (κ3) is 4.28. The molecule has 0 saturated carbocycles. The Balaban J connectivity index is 4.33. The van der Waals surface area contributed by atoms with Gasteiger partial charge < -0.3 is 9.30 Å². The molecule has 0 aliphatic carbocycles. The van der Waals surface area contributed by atoms with Gasteiger partial charge in [-0.3, -0.25) is 0 Å². The number of unbranched alkanes of at least 4 members (excludes halogenated alkanes) is 2. The summed E-state index contributed by atoms with van der Waals surface area (Å²) in [5.74, 6) is 0. The molecular formula is C10H21O3P. The molecule has 0 spiro atoms. The van der Waals surface area contributed by atoms with Crippen LogP contribution in [0.15, 0.2) is 0 Å². The molecule has 0 aromatic carbocycles. The Bertz CT molecular complexity index is 201. The number of rotatable bonds is 7. The Kier molecular flexibility index (Phi) is 6.90. The topological polar surface area (TPSA) is 43.4 Å². The van der Waals surface area contributed by atoms with Gasteiger partial charge in [-0.15, -0.1) is 0 Å². The molecule has 0 aromatic rings. The van der Waals surface area contributed by atoms with Crippen LogP contribution in [-0.4, -0.2) is 25.1 Å². The molecule has 0 aromatic heterocycles. The van der Waals surface area contributed by atoms with Gasteiger partial charge in [0.1, 0.15) is 0 Å². The predicted octanol–water partition coefficient (Wildman–Crippen LogP) is 3.72. The minimum absolute atomic E-state index is 0.487. The summed E-state index contributed by atoms with van der Waals surface area (Å²) in [7, 11) is -1.39. The largest absolute Gasteiger partial charge is 0.464 e. The fourth-order valence-corrected chi connectivity index (χ4v) is 3.86. The monoisotopic (exact) mass is 220 g/mol. The molecule has 0 aliphatic rings. The van der Waals surface area contributed by atoms with E-state index in [1.165, 1.54) is 7.11 Å². The lowest BCUT2D eigenvalue weighted by atomic mass is 10.4. The summed E-state index contributed by atoms with van der Waals surface area (Å²) >= 11 is 0. The zero-order chi connectivity index (χ0) is 11.0. The molecule has 0 bridgehead atoms. The summed E-state index contributed by atoms with van der Waals surface area (Å²) in [6, 6.07) is 0. The standard InChI is InChI=1S/C10H21O3P/c1-4-6-8-14(12,9-7-5-2)10(11)13-3/h4-9H2,1-3H3. The molecule has 84 valence electrons. The van der Waals surface area contributed by atoms with Gasteiger partial charge >= 0.3 is 5.71 Å². The second-order valence-corrected chi connectivity index (χ2v) is 6.55. The van der Waals surface area contributed by atoms with Crippen LogP contribution >= 0.6 is 7.14 Å². The fourth-order valence-electron chi connectivity index (χ4n) is 1.29. The summed E-state index contributed by atoms with van der Waals surface area (Å²) in [5.41, 5.74) is -0.487. The molecule has 0 fully saturated rings. The van der Waals surface area contributed by atoms with Gasteiger partial charge in [-0.25, -0.2) is 4.79 Å². The van der Waals surface area contributed by atoms with Crippen LogP contribution in [-0.2, 0) is 9.30 Å². The summed E-state index contributed by atoms with van der Waals surface area (Å²) in [6.45, 7) is 4.06. The van der Waals surface area contributed by atoms with Gasteiger partial charge in [0.15, 0.2) is 7.14 Å². The summed E-state index contributed by atoms with van der Waals surface area (Å²) < 4.78 is 16.8. The van der Waals surface area contributed by atoms with Crippen LogP contribution < -0.4 is 0 Å². The van der Waals surface area contributed by atoms with Gasteiger partial charge in [-0.1, -0.05) is 26.7 Å². The Morgan fingerprint density at radius 1 is 1.14 bits per heavy atom. The first kappa shape index (κ1) is 13.7. The van der Waals surface area contributed by atoms with Gasteiger partial charge in [0.2, 0.25) is 0 Å². The van der Waals surface area contributed by atoms with Gasteiger partial charge in [-0.05, 0) is 12.8 Å². The maximum atomic E-state index is 12.2. The SMILES string of the molecule is CCCCP(=O)(CCCC)C(=O)OC. The van der Waals surface area contributed by atoms with E-state index in [2.05, 4.69) is 4.74 Å². The highest BCUT2D eigenvalue weighted by Gasteiger charge is 2.30. The highest BCUT2D eigenvalue weighted by atomic mass is 31.2. The van der Waals surface area contributed by atoms with Crippen molar-refractivity contribution >= 4 is 12.9 Å². The van der Waals surface area contributed by atoms with Crippen LogP contribution in [0.25, 0.3) is 0 Å². The highest BCUT2D eigenvalue weighted by molar-refractivity contribution is 7.79. The number of ether oxygens (including phenoxy) is 1. The lowest BCUT2D eigenvalue weighted by Gasteiger charge is -2.14. The first-order chi connectivity index (χ1) is 6.60. The number of carbonyl (C=O) groups excluding carboxylic acids is 1. The number of hydrogen-bond donors (Lipinski definition) is 0. The third-order valence-corrected chi connectivity index (χ3v) is 5.18. The average Bonchev–Trinajstić information content (AvgIpc) is 2.22. The van der Waals surface area contributed by atoms with Crippen LogP contribution in [0.1, 0.15) is 39.5 Å². The maximum Gasteiger partial charge on any atom is 0.363 e. The lowest BCUT2D eigenvalue weighted by molar-refractivity contribution is 0.196. The van der Waals surface area contributed by atoms with Crippen LogP contribution in [0.4, 0.5) is 4.79 Å². The molecule has 0 saturated heterocycles. The Morgan fingerprint density at radius 3 is 1.86 bits per heavy atom. The van der Waals surface area contributed by atoms with E-state index in [9.17, 15) is 9.36 Å². The van der Waals surface area contributed by atoms with Crippen molar-refractivity contribution in [2.24, 2.45) is 0 Å². The lowest BCUT2D eigenvalue weighted by Crippen LogP contribution is -2.07. The van der Waals surface area contributed by atoms with E-state index in [1.54, 1.807) is 0 Å². The summed E-state index contributed by atoms with van der Waals surface area (Å²) in [5, 5.41) is 0. The Morgan fingerprint density at radius 2 is 1.57 bits per heavy atom. The van der Waals surface area contributed by atoms with Crippen LogP contribution in [0.2, 0.25) is 0 Å². The van der Waals surface area contributed by atoms with Gasteiger partial charge in [0, 0.05) is 12.3 Å². The normalized spacial score (nSPS) is 11.4. The highest BCUT2D eigenvalue weighted by Crippen LogP contribution is 2.49. The van der Waals surface area contributed by atoms with Gasteiger partial charge in [0.25, 0.3) is 0 Å². The third-order valence-electron chi connectivity index (χ3n) is 2.25. The van der Waals surface area contributed by atoms with Crippen LogP contribution in [0, 0.1) is 0 Å². The van der Waals surface area contributed by atoms with E-state index in [-0.39, 0.29) is 0 Å². The molecule has 4 heteroatoms. The van der Waals surface area contributed by atoms with E-state index < -0.39 is 12.9 Å². The number of methoxy groups -OCH3 is 1. The van der Waals surface area contributed by atoms with E-state index >= 15 is 0 Å². The van der Waals surface area contributed by atoms with Crippen molar-refractivity contribution in [3.05, 3.63) is 0 Å². The van der Waals surface area contributed by atoms with E-state index in [4.69, 9.17) is 0 Å². The predicted molar refractivity (Wildman–Crippen MR) is 59.6 cm³/mol. The molecule has 0 heterocycles. The molecule has 0 amide bonds. The van der Waals surface area contributed by atoms with Crippen molar-refractivity contribution < 1.29 is 14.1 Å². The first-order valence-corrected chi connectivity index (χ1v) is 7.35. The number of hydrogen-bond acceptors (Lipinski definition) is 3. The van der Waals surface area contributed by atoms with Gasteiger partial charge in [0.05, 0.1) is 7.11 Å². The summed E-state index contributed by atoms with van der Waals surface area (Å²) in [4.78, 5) is 11.4. The molecule has 14 heavy (non-hydrogen) atoms. The minimum Gasteiger partial charge on any atom is -0.464 e. The zero-order valence-corrected chi connectivity index (χ0v) is 10.3. The number of carbonyl (C=O) groups is 1. The van der Waals surface area contributed by atoms with E-state index in [0.717, 1.165) is 25.7 Å². The van der Waals surface area contributed by atoms with Crippen molar-refractivity contribution in [2.75, 3.05) is 19.4 Å². The molecular weight excluding hydrogens is 199 g/mol. The molecule has 0 unspecified atom stereocenters. The van der Waals surface area contributed by atoms with Crippen molar-refractivity contribution in [2.45, 2.75) is 39.5 Å². The van der Waals surface area contributed by atoms with Crippen molar-refractivity contribution in [1.82, 2.24) is 0 Å². The molecule has 0 rings (SSSR count). The molecule has 0 aliphatic heterocycles. The quantitative estimate of drug-likeness (QED) is 0.614. The smallest absolute Gasteiger partial charge is 0.363 e. The van der Waals surface area contributed by atoms with Crippen molar-refractivity contribution in [1.29, 1.82) is 0 Å². The zero-order valence-electron chi connectivity index (χ0n) is 9.41. The Labute approximate surface area is 86.6 Å². The summed E-state index contributed by atoms with van der Waals surface area (Å²) in [6.07, 6.45) is 4.64. The molecule has 0 atom stereocenters. The average molecular weight is 220 g/mol. The molecule has 0 N–H and O–H groups in total. The van der Waals surface area contributed by atoms with Crippen molar-refractivity contribution in [3.8, 4) is 0 Å². The fraction of sp³-hybridized carbons (Fsp3) is 0.900. The second kappa shape index (κ2) is 7.05. The van der Waals surface area contributed by atoms with Crippen LogP contribution in [0.5, 0.6) is 0 Å². The van der Waals surface area contributed by atoms with Crippen molar-refractivity contribution in [3.63, 3.8) is 0 Å². The second-order valence-electron chi connectivity index (χ2n) is 3.51. The van der Waals surface area contributed by atoms with Gasteiger partial charge in [-0.2, -0.15) is 0 Å². The van der Waals surface area contributed by atoms with E-state index in [1.807, 2.05) is 13.8 Å². The Hall–Kier alpha value is -0.300. The molecule has 3 nitrogen and oxygen atoms in total. The maximum absolute atomic E-state index is 12.2. The molecule has 0 radical (unpaired) electrons. The minimum atomic E-state index is -2.70. The first-order valence-electron chi connectivity index (χ1n) is 5.27.